The van der Waals surface area contributed by atoms with Crippen LogP contribution in [-0.4, -0.2) is 37.6 Å². The molecule has 1 N–H and O–H groups in total. The predicted octanol–water partition coefficient (Wildman–Crippen LogP) is 3.78. The molecule has 2 nitrogen and oxygen atoms in total. The van der Waals surface area contributed by atoms with Gasteiger partial charge < -0.3 is 10.2 Å². The molecule has 0 aliphatic rings. The summed E-state index contributed by atoms with van der Waals surface area (Å²) in [6, 6.07) is 5.01. The second-order valence-corrected chi connectivity index (χ2v) is 6.46. The SMILES string of the molecule is CCCCCCNCCN(C)C(C)Cc1cccs1. The van der Waals surface area contributed by atoms with Gasteiger partial charge in [0, 0.05) is 24.0 Å². The first-order valence-corrected chi connectivity index (χ1v) is 8.55. The zero-order valence-electron chi connectivity index (χ0n) is 12.8. The van der Waals surface area contributed by atoms with Crippen molar-refractivity contribution in [3.8, 4) is 0 Å². The Balaban J connectivity index is 2.02. The highest BCUT2D eigenvalue weighted by Crippen LogP contribution is 2.13. The van der Waals surface area contributed by atoms with E-state index in [9.17, 15) is 0 Å². The van der Waals surface area contributed by atoms with Crippen molar-refractivity contribution in [3.05, 3.63) is 22.4 Å². The summed E-state index contributed by atoms with van der Waals surface area (Å²) < 4.78 is 0. The molecular formula is C16H30N2S. The lowest BCUT2D eigenvalue weighted by molar-refractivity contribution is 0.257. The second kappa shape index (κ2) is 10.4. The Morgan fingerprint density at radius 3 is 2.79 bits per heavy atom. The molecule has 0 fully saturated rings. The van der Waals surface area contributed by atoms with Crippen LogP contribution in [0.25, 0.3) is 0 Å². The molecule has 110 valence electrons. The van der Waals surface area contributed by atoms with Gasteiger partial charge in [0.1, 0.15) is 0 Å². The van der Waals surface area contributed by atoms with Gasteiger partial charge >= 0.3 is 0 Å². The third-order valence-corrected chi connectivity index (χ3v) is 4.58. The van der Waals surface area contributed by atoms with E-state index in [4.69, 9.17) is 0 Å². The number of nitrogens with one attached hydrogen (secondary N) is 1. The number of hydrogen-bond donors (Lipinski definition) is 1. The van der Waals surface area contributed by atoms with E-state index in [2.05, 4.69) is 48.6 Å². The molecule has 3 heteroatoms. The van der Waals surface area contributed by atoms with Gasteiger partial charge in [-0.05, 0) is 44.8 Å². The van der Waals surface area contributed by atoms with Crippen LogP contribution in [0.4, 0.5) is 0 Å². The fraction of sp³-hybridized carbons (Fsp3) is 0.750. The van der Waals surface area contributed by atoms with Crippen molar-refractivity contribution in [2.75, 3.05) is 26.7 Å². The molecule has 0 spiro atoms. The first-order chi connectivity index (χ1) is 9.24. The minimum atomic E-state index is 0.626. The summed E-state index contributed by atoms with van der Waals surface area (Å²) in [5.74, 6) is 0. The van der Waals surface area contributed by atoms with Crippen LogP contribution < -0.4 is 5.32 Å². The molecule has 1 heterocycles. The van der Waals surface area contributed by atoms with E-state index in [0.717, 1.165) is 13.1 Å². The standard InChI is InChI=1S/C16H30N2S/c1-4-5-6-7-10-17-11-12-18(3)15(2)14-16-9-8-13-19-16/h8-9,13,15,17H,4-7,10-12,14H2,1-3H3. The molecule has 1 aromatic heterocycles. The van der Waals surface area contributed by atoms with E-state index in [-0.39, 0.29) is 0 Å². The second-order valence-electron chi connectivity index (χ2n) is 5.42. The summed E-state index contributed by atoms with van der Waals surface area (Å²) in [5.41, 5.74) is 0. The third-order valence-electron chi connectivity index (χ3n) is 3.68. The summed E-state index contributed by atoms with van der Waals surface area (Å²) in [4.78, 5) is 3.95. The Hall–Kier alpha value is -0.380. The monoisotopic (exact) mass is 282 g/mol. The van der Waals surface area contributed by atoms with E-state index in [1.54, 1.807) is 0 Å². The molecule has 1 unspecified atom stereocenters. The lowest BCUT2D eigenvalue weighted by atomic mass is 10.2. The highest BCUT2D eigenvalue weighted by molar-refractivity contribution is 7.09. The van der Waals surface area contributed by atoms with Gasteiger partial charge in [-0.1, -0.05) is 32.3 Å². The molecule has 0 amide bonds. The smallest absolute Gasteiger partial charge is 0.0113 e. The number of unbranched alkanes of at least 4 members (excludes halogenated alkanes) is 3. The van der Waals surface area contributed by atoms with Gasteiger partial charge in [0.2, 0.25) is 0 Å². The van der Waals surface area contributed by atoms with Gasteiger partial charge in [-0.15, -0.1) is 11.3 Å². The number of rotatable bonds is 11. The van der Waals surface area contributed by atoms with Crippen LogP contribution in [0.15, 0.2) is 17.5 Å². The average Bonchev–Trinajstić information content (AvgIpc) is 2.90. The Labute approximate surface area is 123 Å². The molecule has 0 radical (unpaired) electrons. The molecule has 19 heavy (non-hydrogen) atoms. The van der Waals surface area contributed by atoms with Crippen molar-refractivity contribution in [3.63, 3.8) is 0 Å². The first-order valence-electron chi connectivity index (χ1n) is 7.67. The van der Waals surface area contributed by atoms with E-state index < -0.39 is 0 Å². The summed E-state index contributed by atoms with van der Waals surface area (Å²) in [7, 11) is 2.23. The minimum Gasteiger partial charge on any atom is -0.315 e. The average molecular weight is 282 g/mol. The van der Waals surface area contributed by atoms with Crippen LogP contribution >= 0.6 is 11.3 Å². The van der Waals surface area contributed by atoms with E-state index >= 15 is 0 Å². The van der Waals surface area contributed by atoms with Gasteiger partial charge in [-0.3, -0.25) is 0 Å². The molecule has 1 aromatic rings. The van der Waals surface area contributed by atoms with Crippen LogP contribution in [0.5, 0.6) is 0 Å². The zero-order chi connectivity index (χ0) is 13.9. The fourth-order valence-electron chi connectivity index (χ4n) is 2.15. The molecule has 0 bridgehead atoms. The summed E-state index contributed by atoms with van der Waals surface area (Å²) in [6.07, 6.45) is 6.56. The minimum absolute atomic E-state index is 0.626. The maximum absolute atomic E-state index is 3.55. The van der Waals surface area contributed by atoms with Gasteiger partial charge in [0.15, 0.2) is 0 Å². The normalized spacial score (nSPS) is 13.1. The van der Waals surface area contributed by atoms with Crippen molar-refractivity contribution in [2.45, 2.75) is 52.0 Å². The van der Waals surface area contributed by atoms with Crippen molar-refractivity contribution >= 4 is 11.3 Å². The molecule has 1 rings (SSSR count). The van der Waals surface area contributed by atoms with Crippen LogP contribution in [0.3, 0.4) is 0 Å². The Kier molecular flexibility index (Phi) is 9.14. The van der Waals surface area contributed by atoms with Crippen molar-refractivity contribution in [1.29, 1.82) is 0 Å². The number of likely N-dealkylation sites (N-methyl/N-ethyl adjacent to an activating group) is 1. The largest absolute Gasteiger partial charge is 0.315 e. The molecule has 0 aliphatic heterocycles. The highest BCUT2D eigenvalue weighted by Gasteiger charge is 2.09. The van der Waals surface area contributed by atoms with E-state index in [0.29, 0.717) is 6.04 Å². The van der Waals surface area contributed by atoms with E-state index in [1.807, 2.05) is 11.3 Å². The maximum Gasteiger partial charge on any atom is 0.0113 e. The Morgan fingerprint density at radius 2 is 2.11 bits per heavy atom. The van der Waals surface area contributed by atoms with Crippen LogP contribution in [0.1, 0.15) is 44.4 Å². The topological polar surface area (TPSA) is 15.3 Å². The number of nitrogens with zero attached hydrogens (tertiary/aromatic N) is 1. The molecule has 1 atom stereocenters. The lowest BCUT2D eigenvalue weighted by Crippen LogP contribution is -2.36. The summed E-state index contributed by atoms with van der Waals surface area (Å²) in [6.45, 7) is 8.00. The number of thiophene rings is 1. The zero-order valence-corrected chi connectivity index (χ0v) is 13.6. The van der Waals surface area contributed by atoms with Crippen molar-refractivity contribution in [1.82, 2.24) is 10.2 Å². The van der Waals surface area contributed by atoms with Crippen LogP contribution in [-0.2, 0) is 6.42 Å². The van der Waals surface area contributed by atoms with Crippen LogP contribution in [0.2, 0.25) is 0 Å². The molecule has 0 saturated heterocycles. The van der Waals surface area contributed by atoms with Gasteiger partial charge in [-0.2, -0.15) is 0 Å². The molecule has 0 saturated carbocycles. The van der Waals surface area contributed by atoms with Crippen molar-refractivity contribution < 1.29 is 0 Å². The quantitative estimate of drug-likeness (QED) is 0.621. The molecule has 0 aliphatic carbocycles. The first kappa shape index (κ1) is 16.7. The molecular weight excluding hydrogens is 252 g/mol. The van der Waals surface area contributed by atoms with Crippen molar-refractivity contribution in [2.24, 2.45) is 0 Å². The predicted molar refractivity (Wildman–Crippen MR) is 87.1 cm³/mol. The summed E-state index contributed by atoms with van der Waals surface area (Å²) in [5, 5.41) is 5.72. The fourth-order valence-corrected chi connectivity index (χ4v) is 2.98. The van der Waals surface area contributed by atoms with Gasteiger partial charge in [0.05, 0.1) is 0 Å². The maximum atomic E-state index is 3.55. The van der Waals surface area contributed by atoms with Crippen LogP contribution in [0, 0.1) is 0 Å². The molecule has 0 aromatic carbocycles. The lowest BCUT2D eigenvalue weighted by Gasteiger charge is -2.24. The summed E-state index contributed by atoms with van der Waals surface area (Å²) >= 11 is 1.87. The number of hydrogen-bond acceptors (Lipinski definition) is 3. The van der Waals surface area contributed by atoms with Gasteiger partial charge in [-0.25, -0.2) is 0 Å². The Bertz CT molecular complexity index is 298. The highest BCUT2D eigenvalue weighted by atomic mass is 32.1. The van der Waals surface area contributed by atoms with E-state index in [1.165, 1.54) is 43.5 Å². The third kappa shape index (κ3) is 7.71. The Morgan fingerprint density at radius 1 is 1.26 bits per heavy atom. The van der Waals surface area contributed by atoms with Gasteiger partial charge in [0.25, 0.3) is 0 Å².